The molecule has 0 atom stereocenters. The molecule has 1 nitrogen and oxygen atoms in total. The van der Waals surface area contributed by atoms with E-state index in [1.54, 1.807) is 6.07 Å². The predicted octanol–water partition coefficient (Wildman–Crippen LogP) is 6.43. The Kier molecular flexibility index (Phi) is 4.27. The van der Waals surface area contributed by atoms with Crippen LogP contribution in [0.1, 0.15) is 5.56 Å². The molecule has 0 N–H and O–H groups in total. The fourth-order valence-electron chi connectivity index (χ4n) is 2.10. The van der Waals surface area contributed by atoms with Gasteiger partial charge in [0.05, 0.1) is 0 Å². The molecule has 0 aliphatic rings. The van der Waals surface area contributed by atoms with Crippen LogP contribution in [0.25, 0.3) is 10.8 Å². The molecule has 3 aromatic carbocycles. The first kappa shape index (κ1) is 14.5. The summed E-state index contributed by atoms with van der Waals surface area (Å²) < 4.78 is 20.6. The summed E-state index contributed by atoms with van der Waals surface area (Å²) in [5.74, 6) is 0.495. The van der Waals surface area contributed by atoms with Crippen LogP contribution in [0.5, 0.6) is 11.5 Å². The van der Waals surface area contributed by atoms with Gasteiger partial charge in [0, 0.05) is 9.80 Å². The summed E-state index contributed by atoms with van der Waals surface area (Å²) in [7, 11) is 0. The van der Waals surface area contributed by atoms with Gasteiger partial charge in [-0.15, -0.1) is 0 Å². The third-order valence-corrected chi connectivity index (χ3v) is 4.29. The number of hydrogen-bond acceptors (Lipinski definition) is 1. The lowest BCUT2D eigenvalue weighted by Crippen LogP contribution is -1.90. The number of alkyl halides is 1. The van der Waals surface area contributed by atoms with Crippen molar-refractivity contribution < 1.29 is 9.13 Å². The maximum Gasteiger partial charge on any atom is 0.166 e. The van der Waals surface area contributed by atoms with Crippen molar-refractivity contribution in [2.45, 2.75) is 5.33 Å². The number of fused-ring (bicyclic) bond motifs is 1. The lowest BCUT2D eigenvalue weighted by atomic mass is 10.1. The van der Waals surface area contributed by atoms with Crippen LogP contribution in [0.3, 0.4) is 0 Å². The molecule has 0 radical (unpaired) electrons. The Morgan fingerprint density at radius 1 is 0.905 bits per heavy atom. The topological polar surface area (TPSA) is 9.23 Å². The van der Waals surface area contributed by atoms with Gasteiger partial charge in [0.2, 0.25) is 0 Å². The van der Waals surface area contributed by atoms with Crippen molar-refractivity contribution in [3.05, 3.63) is 70.5 Å². The molecule has 0 heterocycles. The average molecular weight is 410 g/mol. The first-order chi connectivity index (χ1) is 10.2. The average Bonchev–Trinajstić information content (AvgIpc) is 2.49. The van der Waals surface area contributed by atoms with Crippen molar-refractivity contribution >= 4 is 42.6 Å². The normalized spacial score (nSPS) is 10.8. The summed E-state index contributed by atoms with van der Waals surface area (Å²) in [6.07, 6.45) is 0. The minimum Gasteiger partial charge on any atom is -0.454 e. The summed E-state index contributed by atoms with van der Waals surface area (Å²) in [4.78, 5) is 0. The Morgan fingerprint density at radius 3 is 2.43 bits per heavy atom. The van der Waals surface area contributed by atoms with E-state index in [0.717, 1.165) is 20.8 Å². The standard InChI is InChI=1S/C17H11Br2FO/c18-10-11-1-6-17(16(20)7-11)21-15-5-3-12-8-14(19)4-2-13(12)9-15/h1-9H,10H2. The number of rotatable bonds is 3. The van der Waals surface area contributed by atoms with Crippen LogP contribution < -0.4 is 4.74 Å². The molecule has 3 rings (SSSR count). The van der Waals surface area contributed by atoms with Crippen molar-refractivity contribution in [2.75, 3.05) is 0 Å². The maximum atomic E-state index is 13.9. The van der Waals surface area contributed by atoms with Crippen LogP contribution in [0.15, 0.2) is 59.1 Å². The quantitative estimate of drug-likeness (QED) is 0.453. The fourth-order valence-corrected chi connectivity index (χ4v) is 2.82. The van der Waals surface area contributed by atoms with Crippen LogP contribution >= 0.6 is 31.9 Å². The van der Waals surface area contributed by atoms with E-state index in [9.17, 15) is 4.39 Å². The van der Waals surface area contributed by atoms with Crippen molar-refractivity contribution in [3.63, 3.8) is 0 Å². The smallest absolute Gasteiger partial charge is 0.166 e. The molecule has 0 aliphatic carbocycles. The fraction of sp³-hybridized carbons (Fsp3) is 0.0588. The number of halogens is 3. The molecule has 106 valence electrons. The molecule has 0 fully saturated rings. The third-order valence-electron chi connectivity index (χ3n) is 3.15. The minimum atomic E-state index is -0.358. The van der Waals surface area contributed by atoms with Crippen LogP contribution in [0.4, 0.5) is 4.39 Å². The van der Waals surface area contributed by atoms with E-state index in [1.807, 2.05) is 42.5 Å². The second-order valence-electron chi connectivity index (χ2n) is 4.65. The molecule has 3 aromatic rings. The van der Waals surface area contributed by atoms with Gasteiger partial charge in [0.1, 0.15) is 5.75 Å². The van der Waals surface area contributed by atoms with Crippen molar-refractivity contribution in [3.8, 4) is 11.5 Å². The third kappa shape index (κ3) is 3.27. The van der Waals surface area contributed by atoms with Gasteiger partial charge in [-0.05, 0) is 52.7 Å². The van der Waals surface area contributed by atoms with E-state index in [-0.39, 0.29) is 11.6 Å². The van der Waals surface area contributed by atoms with Gasteiger partial charge in [-0.25, -0.2) is 4.39 Å². The highest BCUT2D eigenvalue weighted by atomic mass is 79.9. The molecule has 0 aromatic heterocycles. The van der Waals surface area contributed by atoms with Gasteiger partial charge in [-0.2, -0.15) is 0 Å². The zero-order chi connectivity index (χ0) is 14.8. The lowest BCUT2D eigenvalue weighted by Gasteiger charge is -2.09. The summed E-state index contributed by atoms with van der Waals surface area (Å²) in [6.45, 7) is 0. The zero-order valence-corrected chi connectivity index (χ0v) is 14.1. The van der Waals surface area contributed by atoms with E-state index < -0.39 is 0 Å². The highest BCUT2D eigenvalue weighted by Gasteiger charge is 2.06. The zero-order valence-electron chi connectivity index (χ0n) is 10.9. The molecule has 4 heteroatoms. The van der Waals surface area contributed by atoms with E-state index in [1.165, 1.54) is 6.07 Å². The van der Waals surface area contributed by atoms with Crippen LogP contribution in [-0.4, -0.2) is 0 Å². The van der Waals surface area contributed by atoms with Crippen LogP contribution in [0, 0.1) is 5.82 Å². The monoisotopic (exact) mass is 408 g/mol. The Bertz CT molecular complexity index is 802. The highest BCUT2D eigenvalue weighted by molar-refractivity contribution is 9.10. The molecule has 0 spiro atoms. The van der Waals surface area contributed by atoms with E-state index in [0.29, 0.717) is 11.1 Å². The Labute approximate surface area is 139 Å². The predicted molar refractivity (Wildman–Crippen MR) is 90.8 cm³/mol. The first-order valence-corrected chi connectivity index (χ1v) is 8.29. The summed E-state index contributed by atoms with van der Waals surface area (Å²) in [6, 6.07) is 16.7. The Hall–Kier alpha value is -1.39. The van der Waals surface area contributed by atoms with Crippen molar-refractivity contribution in [1.82, 2.24) is 0 Å². The lowest BCUT2D eigenvalue weighted by molar-refractivity contribution is 0.442. The van der Waals surface area contributed by atoms with Crippen molar-refractivity contribution in [2.24, 2.45) is 0 Å². The van der Waals surface area contributed by atoms with Crippen LogP contribution in [0.2, 0.25) is 0 Å². The van der Waals surface area contributed by atoms with E-state index in [4.69, 9.17) is 4.74 Å². The van der Waals surface area contributed by atoms with Gasteiger partial charge in [-0.3, -0.25) is 0 Å². The van der Waals surface area contributed by atoms with E-state index >= 15 is 0 Å². The number of hydrogen-bond donors (Lipinski definition) is 0. The first-order valence-electron chi connectivity index (χ1n) is 6.37. The summed E-state index contributed by atoms with van der Waals surface area (Å²) >= 11 is 6.75. The Morgan fingerprint density at radius 2 is 1.67 bits per heavy atom. The summed E-state index contributed by atoms with van der Waals surface area (Å²) in [5, 5.41) is 2.77. The number of ether oxygens (including phenoxy) is 1. The number of benzene rings is 3. The molecule has 21 heavy (non-hydrogen) atoms. The van der Waals surface area contributed by atoms with E-state index in [2.05, 4.69) is 31.9 Å². The molecule has 0 unspecified atom stereocenters. The molecule has 0 saturated heterocycles. The SMILES string of the molecule is Fc1cc(CBr)ccc1Oc1ccc2cc(Br)ccc2c1. The van der Waals surface area contributed by atoms with Gasteiger partial charge < -0.3 is 4.74 Å². The molecular formula is C17H11Br2FO. The van der Waals surface area contributed by atoms with Gasteiger partial charge in [0.15, 0.2) is 11.6 Å². The largest absolute Gasteiger partial charge is 0.454 e. The molecular weight excluding hydrogens is 399 g/mol. The molecule has 0 aliphatic heterocycles. The second-order valence-corrected chi connectivity index (χ2v) is 6.13. The Balaban J connectivity index is 1.92. The molecule has 0 amide bonds. The maximum absolute atomic E-state index is 13.9. The van der Waals surface area contributed by atoms with Gasteiger partial charge in [0.25, 0.3) is 0 Å². The van der Waals surface area contributed by atoms with Gasteiger partial charge >= 0.3 is 0 Å². The molecule has 0 saturated carbocycles. The molecule has 0 bridgehead atoms. The minimum absolute atomic E-state index is 0.233. The van der Waals surface area contributed by atoms with Crippen LogP contribution in [-0.2, 0) is 5.33 Å². The van der Waals surface area contributed by atoms with Gasteiger partial charge in [-0.1, -0.05) is 50.1 Å². The summed E-state index contributed by atoms with van der Waals surface area (Å²) in [5.41, 5.74) is 0.878. The van der Waals surface area contributed by atoms with Crippen molar-refractivity contribution in [1.29, 1.82) is 0 Å². The highest BCUT2D eigenvalue weighted by Crippen LogP contribution is 2.29. The second kappa shape index (κ2) is 6.16.